The van der Waals surface area contributed by atoms with E-state index in [0.29, 0.717) is 23.5 Å². The maximum Gasteiger partial charge on any atom is 0.165 e. The first-order valence-electron chi connectivity index (χ1n) is 11.2. The maximum atomic E-state index is 13.4. The minimum absolute atomic E-state index is 0.182. The predicted octanol–water partition coefficient (Wildman–Crippen LogP) is 5.71. The lowest BCUT2D eigenvalue weighted by molar-refractivity contribution is -0.130. The molecular formula is C26H31FO2. The maximum absolute atomic E-state index is 13.4. The van der Waals surface area contributed by atoms with E-state index in [1.54, 1.807) is 12.1 Å². The molecule has 2 nitrogen and oxygen atoms in total. The van der Waals surface area contributed by atoms with Crippen LogP contribution in [0.3, 0.4) is 0 Å². The van der Waals surface area contributed by atoms with Crippen LogP contribution in [0.1, 0.15) is 64.4 Å². The van der Waals surface area contributed by atoms with Gasteiger partial charge in [0.05, 0.1) is 6.10 Å². The van der Waals surface area contributed by atoms with Crippen LogP contribution in [-0.4, -0.2) is 17.0 Å². The van der Waals surface area contributed by atoms with E-state index in [0.717, 1.165) is 56.1 Å². The van der Waals surface area contributed by atoms with Gasteiger partial charge in [0.15, 0.2) is 5.78 Å². The number of carbonyl (C=O) groups is 1. The number of ketones is 1. The number of fused-ring (bicyclic) bond motifs is 5. The van der Waals surface area contributed by atoms with Crippen LogP contribution >= 0.6 is 0 Å². The third kappa shape index (κ3) is 2.88. The van der Waals surface area contributed by atoms with Crippen LogP contribution in [0.25, 0.3) is 6.08 Å². The normalized spacial score (nSPS) is 42.8. The van der Waals surface area contributed by atoms with E-state index < -0.39 is 0 Å². The van der Waals surface area contributed by atoms with Crippen molar-refractivity contribution in [1.82, 2.24) is 0 Å². The Morgan fingerprint density at radius 2 is 1.76 bits per heavy atom. The second-order valence-electron chi connectivity index (χ2n) is 10.4. The Hall–Kier alpha value is -1.74. The molecule has 1 aromatic rings. The summed E-state index contributed by atoms with van der Waals surface area (Å²) < 4.78 is 13.3. The van der Waals surface area contributed by atoms with E-state index in [-0.39, 0.29) is 22.8 Å². The summed E-state index contributed by atoms with van der Waals surface area (Å²) in [6.07, 6.45) is 11.0. The molecule has 0 heterocycles. The van der Waals surface area contributed by atoms with E-state index >= 15 is 0 Å². The zero-order valence-electron chi connectivity index (χ0n) is 17.5. The summed E-state index contributed by atoms with van der Waals surface area (Å²) in [6, 6.07) is 6.43. The molecule has 1 aromatic carbocycles. The summed E-state index contributed by atoms with van der Waals surface area (Å²) in [6.45, 7) is 4.60. The largest absolute Gasteiger partial charge is 0.393 e. The Kier molecular flexibility index (Phi) is 4.40. The second kappa shape index (κ2) is 6.63. The Morgan fingerprint density at radius 1 is 1.03 bits per heavy atom. The molecule has 3 heteroatoms. The monoisotopic (exact) mass is 394 g/mol. The summed E-state index contributed by atoms with van der Waals surface area (Å²) in [5.41, 5.74) is 3.22. The molecule has 0 spiro atoms. The van der Waals surface area contributed by atoms with Crippen molar-refractivity contribution in [2.75, 3.05) is 0 Å². The molecule has 0 bridgehead atoms. The van der Waals surface area contributed by atoms with Gasteiger partial charge >= 0.3 is 0 Å². The van der Waals surface area contributed by atoms with Crippen LogP contribution in [0.4, 0.5) is 4.39 Å². The number of aliphatic hydroxyl groups excluding tert-OH is 1. The fourth-order valence-corrected chi connectivity index (χ4v) is 7.20. The van der Waals surface area contributed by atoms with Crippen LogP contribution in [0, 0.1) is 34.4 Å². The zero-order valence-corrected chi connectivity index (χ0v) is 17.5. The van der Waals surface area contributed by atoms with Crippen LogP contribution in [0.5, 0.6) is 0 Å². The molecule has 29 heavy (non-hydrogen) atoms. The molecule has 0 saturated heterocycles. The van der Waals surface area contributed by atoms with Crippen molar-refractivity contribution in [3.63, 3.8) is 0 Å². The SMILES string of the molecule is C[C@@]12CC[C@H]3[C@@H](CC=C4C[C@@H](O)CC[C@@]43C)[C@H]1C/C(=C\c1ccc(F)cc1)C2=O. The number of hydrogen-bond donors (Lipinski definition) is 1. The van der Waals surface area contributed by atoms with Gasteiger partial charge in [-0.3, -0.25) is 4.79 Å². The number of benzene rings is 1. The quantitative estimate of drug-likeness (QED) is 0.489. The Bertz CT molecular complexity index is 898. The molecule has 6 atom stereocenters. The summed E-state index contributed by atoms with van der Waals surface area (Å²) >= 11 is 0. The topological polar surface area (TPSA) is 37.3 Å². The van der Waals surface area contributed by atoms with Crippen LogP contribution in [-0.2, 0) is 4.79 Å². The third-order valence-electron chi connectivity index (χ3n) is 8.93. The Labute approximate surface area is 172 Å². The fourth-order valence-electron chi connectivity index (χ4n) is 7.20. The summed E-state index contributed by atoms with van der Waals surface area (Å²) in [7, 11) is 0. The van der Waals surface area contributed by atoms with Crippen molar-refractivity contribution in [2.45, 2.75) is 64.9 Å². The number of hydrogen-bond acceptors (Lipinski definition) is 2. The van der Waals surface area contributed by atoms with E-state index in [9.17, 15) is 14.3 Å². The van der Waals surface area contributed by atoms with E-state index in [2.05, 4.69) is 19.9 Å². The van der Waals surface area contributed by atoms with Crippen molar-refractivity contribution in [2.24, 2.45) is 28.6 Å². The zero-order chi connectivity index (χ0) is 20.4. The average molecular weight is 395 g/mol. The van der Waals surface area contributed by atoms with E-state index in [1.807, 2.05) is 6.08 Å². The standard InChI is InChI=1S/C26H31FO2/c1-25-11-9-20(28)15-18(25)5-8-21-22(25)10-12-26(2)23(21)14-17(24(26)29)13-16-3-6-19(27)7-4-16/h3-7,13,20-23,28H,8-12,14-15H2,1-2H3/b17-13+/t20-,21+,22-,23+,25-,26+/m0/s1. The highest BCUT2D eigenvalue weighted by atomic mass is 19.1. The Morgan fingerprint density at radius 3 is 2.52 bits per heavy atom. The lowest BCUT2D eigenvalue weighted by Gasteiger charge is -2.56. The molecule has 154 valence electrons. The fraction of sp³-hybridized carbons (Fsp3) is 0.577. The number of halogens is 1. The van der Waals surface area contributed by atoms with Gasteiger partial charge in [0.2, 0.25) is 0 Å². The molecule has 0 unspecified atom stereocenters. The van der Waals surface area contributed by atoms with E-state index in [1.165, 1.54) is 17.7 Å². The number of carbonyl (C=O) groups excluding carboxylic acids is 1. The summed E-state index contributed by atoms with van der Waals surface area (Å²) in [5.74, 6) is 1.61. The highest BCUT2D eigenvalue weighted by Gasteiger charge is 2.59. The second-order valence-corrected chi connectivity index (χ2v) is 10.4. The number of aliphatic hydroxyl groups is 1. The van der Waals surface area contributed by atoms with Gasteiger partial charge in [-0.25, -0.2) is 4.39 Å². The van der Waals surface area contributed by atoms with Crippen LogP contribution < -0.4 is 0 Å². The summed E-state index contributed by atoms with van der Waals surface area (Å²) in [4.78, 5) is 13.4. The van der Waals surface area contributed by atoms with Gasteiger partial charge in [-0.2, -0.15) is 0 Å². The molecule has 0 radical (unpaired) electrons. The van der Waals surface area contributed by atoms with Gasteiger partial charge in [-0.1, -0.05) is 37.6 Å². The van der Waals surface area contributed by atoms with Crippen molar-refractivity contribution in [1.29, 1.82) is 0 Å². The molecule has 0 amide bonds. The van der Waals surface area contributed by atoms with Gasteiger partial charge in [0.25, 0.3) is 0 Å². The van der Waals surface area contributed by atoms with Crippen molar-refractivity contribution in [3.05, 3.63) is 52.9 Å². The highest BCUT2D eigenvalue weighted by molar-refractivity contribution is 6.05. The minimum atomic E-state index is -0.261. The first-order chi connectivity index (χ1) is 13.8. The number of rotatable bonds is 1. The average Bonchev–Trinajstić information content (AvgIpc) is 2.95. The summed E-state index contributed by atoms with van der Waals surface area (Å²) in [5, 5.41) is 10.2. The molecule has 3 fully saturated rings. The molecule has 3 saturated carbocycles. The lowest BCUT2D eigenvalue weighted by Crippen LogP contribution is -2.50. The van der Waals surface area contributed by atoms with Crippen molar-refractivity contribution < 1.29 is 14.3 Å². The third-order valence-corrected chi connectivity index (χ3v) is 8.93. The molecule has 4 aliphatic carbocycles. The van der Waals surface area contributed by atoms with Crippen molar-refractivity contribution in [3.8, 4) is 0 Å². The lowest BCUT2D eigenvalue weighted by atomic mass is 9.48. The van der Waals surface area contributed by atoms with Gasteiger partial charge in [0, 0.05) is 5.41 Å². The Balaban J connectivity index is 1.47. The first-order valence-corrected chi connectivity index (χ1v) is 11.2. The van der Waals surface area contributed by atoms with Crippen LogP contribution in [0.2, 0.25) is 0 Å². The molecule has 0 aliphatic heterocycles. The van der Waals surface area contributed by atoms with E-state index in [4.69, 9.17) is 0 Å². The molecule has 1 N–H and O–H groups in total. The number of allylic oxidation sites excluding steroid dienone is 2. The molecular weight excluding hydrogens is 363 g/mol. The van der Waals surface area contributed by atoms with Gasteiger partial charge in [0.1, 0.15) is 5.82 Å². The highest BCUT2D eigenvalue weighted by Crippen LogP contribution is 2.64. The van der Waals surface area contributed by atoms with Crippen molar-refractivity contribution >= 4 is 11.9 Å². The first kappa shape index (κ1) is 19.2. The smallest absolute Gasteiger partial charge is 0.165 e. The van der Waals surface area contributed by atoms with Gasteiger partial charge in [-0.15, -0.1) is 0 Å². The van der Waals surface area contributed by atoms with Gasteiger partial charge < -0.3 is 5.11 Å². The molecule has 0 aromatic heterocycles. The molecule has 5 rings (SSSR count). The van der Waals surface area contributed by atoms with Crippen LogP contribution in [0.15, 0.2) is 41.5 Å². The minimum Gasteiger partial charge on any atom is -0.393 e. The predicted molar refractivity (Wildman–Crippen MR) is 112 cm³/mol. The van der Waals surface area contributed by atoms with Gasteiger partial charge in [-0.05, 0) is 97.5 Å². The molecule has 4 aliphatic rings. The number of Topliss-reactive ketones (excluding diaryl/α,β-unsaturated/α-hetero) is 1.